The zero-order valence-corrected chi connectivity index (χ0v) is 12.9. The molecule has 0 saturated heterocycles. The highest BCUT2D eigenvalue weighted by atomic mass is 35.5. The number of carbonyl (C=O) groups is 1. The number of methoxy groups -OCH3 is 1. The van der Waals surface area contributed by atoms with Crippen molar-refractivity contribution in [2.24, 2.45) is 0 Å². The monoisotopic (exact) mass is 321 g/mol. The summed E-state index contributed by atoms with van der Waals surface area (Å²) in [6.45, 7) is 3.45. The molecule has 6 nitrogen and oxygen atoms in total. The molecule has 0 atom stereocenters. The lowest BCUT2D eigenvalue weighted by atomic mass is 10.1. The number of sulfonamides is 1. The van der Waals surface area contributed by atoms with E-state index in [9.17, 15) is 13.2 Å². The highest BCUT2D eigenvalue weighted by Gasteiger charge is 2.24. The number of aromatic carboxylic acids is 1. The fraction of sp³-hybridized carbons (Fsp3) is 0.417. The van der Waals surface area contributed by atoms with E-state index in [1.54, 1.807) is 13.8 Å². The molecule has 0 heterocycles. The first-order valence-corrected chi connectivity index (χ1v) is 7.53. The van der Waals surface area contributed by atoms with Gasteiger partial charge in [0.1, 0.15) is 4.90 Å². The van der Waals surface area contributed by atoms with Crippen LogP contribution in [0.4, 0.5) is 0 Å². The Morgan fingerprint density at radius 2 is 2.05 bits per heavy atom. The van der Waals surface area contributed by atoms with Gasteiger partial charge >= 0.3 is 5.97 Å². The van der Waals surface area contributed by atoms with Crippen molar-refractivity contribution in [3.8, 4) is 0 Å². The summed E-state index contributed by atoms with van der Waals surface area (Å²) in [5.41, 5.74) is -0.843. The van der Waals surface area contributed by atoms with Gasteiger partial charge in [0.05, 0.1) is 16.2 Å². The van der Waals surface area contributed by atoms with E-state index < -0.39 is 21.6 Å². The second-order valence-electron chi connectivity index (χ2n) is 4.74. The minimum Gasteiger partial charge on any atom is -0.478 e. The second-order valence-corrected chi connectivity index (χ2v) is 6.88. The molecule has 0 amide bonds. The lowest BCUT2D eigenvalue weighted by molar-refractivity contribution is 0.0276. The summed E-state index contributed by atoms with van der Waals surface area (Å²) in [4.78, 5) is 10.6. The van der Waals surface area contributed by atoms with Crippen LogP contribution < -0.4 is 4.72 Å². The Morgan fingerprint density at radius 1 is 1.45 bits per heavy atom. The topological polar surface area (TPSA) is 92.7 Å². The van der Waals surface area contributed by atoms with Gasteiger partial charge in [0.15, 0.2) is 0 Å². The van der Waals surface area contributed by atoms with Crippen molar-refractivity contribution in [1.29, 1.82) is 0 Å². The molecule has 0 saturated carbocycles. The van der Waals surface area contributed by atoms with Gasteiger partial charge in [-0.25, -0.2) is 17.9 Å². The average molecular weight is 322 g/mol. The SMILES string of the molecule is COC(C)(C)CNS(=O)(=O)c1cc(C(=O)O)ccc1Cl. The van der Waals surface area contributed by atoms with E-state index in [1.807, 2.05) is 0 Å². The number of ether oxygens (including phenoxy) is 1. The smallest absolute Gasteiger partial charge is 0.335 e. The molecule has 1 rings (SSSR count). The molecule has 112 valence electrons. The third kappa shape index (κ3) is 4.17. The van der Waals surface area contributed by atoms with Crippen molar-refractivity contribution < 1.29 is 23.1 Å². The fourth-order valence-corrected chi connectivity index (χ4v) is 2.98. The average Bonchev–Trinajstić information content (AvgIpc) is 2.37. The predicted molar refractivity (Wildman–Crippen MR) is 74.7 cm³/mol. The molecule has 8 heteroatoms. The Morgan fingerprint density at radius 3 is 2.55 bits per heavy atom. The third-order valence-electron chi connectivity index (χ3n) is 2.71. The van der Waals surface area contributed by atoms with Gasteiger partial charge in [0, 0.05) is 13.7 Å². The van der Waals surface area contributed by atoms with Gasteiger partial charge < -0.3 is 9.84 Å². The minimum atomic E-state index is -3.92. The van der Waals surface area contributed by atoms with E-state index in [-0.39, 0.29) is 22.0 Å². The number of rotatable bonds is 6. The van der Waals surface area contributed by atoms with Crippen molar-refractivity contribution in [2.75, 3.05) is 13.7 Å². The molecule has 0 aliphatic heterocycles. The summed E-state index contributed by atoms with van der Waals surface area (Å²) in [5, 5.41) is 8.84. The summed E-state index contributed by atoms with van der Waals surface area (Å²) in [6, 6.07) is 3.50. The van der Waals surface area contributed by atoms with Crippen molar-refractivity contribution in [3.63, 3.8) is 0 Å². The van der Waals surface area contributed by atoms with Crippen LogP contribution >= 0.6 is 11.6 Å². The van der Waals surface area contributed by atoms with E-state index >= 15 is 0 Å². The summed E-state index contributed by atoms with van der Waals surface area (Å²) in [6.07, 6.45) is 0. The van der Waals surface area contributed by atoms with Crippen LogP contribution in [-0.2, 0) is 14.8 Å². The molecule has 0 bridgehead atoms. The quantitative estimate of drug-likeness (QED) is 0.832. The Hall–Kier alpha value is -1.15. The summed E-state index contributed by atoms with van der Waals surface area (Å²) in [5.74, 6) is -1.23. The van der Waals surface area contributed by atoms with Crippen LogP contribution in [0.25, 0.3) is 0 Å². The van der Waals surface area contributed by atoms with Crippen molar-refractivity contribution >= 4 is 27.6 Å². The summed E-state index contributed by atoms with van der Waals surface area (Å²) < 4.78 is 31.7. The van der Waals surface area contributed by atoms with E-state index in [2.05, 4.69) is 4.72 Å². The zero-order chi connectivity index (χ0) is 15.6. The minimum absolute atomic E-state index is 0.0272. The van der Waals surface area contributed by atoms with Crippen LogP contribution in [0.1, 0.15) is 24.2 Å². The molecule has 0 aliphatic carbocycles. The van der Waals surface area contributed by atoms with Gasteiger partial charge in [0.25, 0.3) is 0 Å². The first-order valence-electron chi connectivity index (χ1n) is 5.67. The Balaban J connectivity index is 3.09. The van der Waals surface area contributed by atoms with Crippen molar-refractivity contribution in [1.82, 2.24) is 4.72 Å². The Labute approximate surface area is 122 Å². The largest absolute Gasteiger partial charge is 0.478 e. The molecule has 2 N–H and O–H groups in total. The fourth-order valence-electron chi connectivity index (χ4n) is 1.26. The van der Waals surface area contributed by atoms with Crippen molar-refractivity contribution in [3.05, 3.63) is 28.8 Å². The van der Waals surface area contributed by atoms with Gasteiger partial charge in [-0.15, -0.1) is 0 Å². The molecule has 0 unspecified atom stereocenters. The first kappa shape index (κ1) is 16.9. The maximum Gasteiger partial charge on any atom is 0.335 e. The maximum absolute atomic E-state index is 12.1. The lowest BCUT2D eigenvalue weighted by Gasteiger charge is -2.23. The predicted octanol–water partition coefficient (Wildman–Crippen LogP) is 1.74. The molecule has 0 aromatic heterocycles. The van der Waals surface area contributed by atoms with Gasteiger partial charge in [-0.05, 0) is 32.0 Å². The van der Waals surface area contributed by atoms with E-state index in [0.29, 0.717) is 0 Å². The standard InChI is InChI=1S/C12H16ClNO5S/c1-12(2,19-3)7-14-20(17,18)10-6-8(11(15)16)4-5-9(10)13/h4-6,14H,7H2,1-3H3,(H,15,16). The second kappa shape index (κ2) is 6.09. The summed E-state index contributed by atoms with van der Waals surface area (Å²) >= 11 is 5.83. The number of carboxylic acid groups (broad SMARTS) is 1. The Kier molecular flexibility index (Phi) is 5.15. The lowest BCUT2D eigenvalue weighted by Crippen LogP contribution is -2.39. The number of hydrogen-bond donors (Lipinski definition) is 2. The highest BCUT2D eigenvalue weighted by molar-refractivity contribution is 7.89. The number of benzene rings is 1. The third-order valence-corrected chi connectivity index (χ3v) is 4.59. The van der Waals surface area contributed by atoms with Crippen LogP contribution in [0, 0.1) is 0 Å². The van der Waals surface area contributed by atoms with E-state index in [4.69, 9.17) is 21.4 Å². The molecular weight excluding hydrogens is 306 g/mol. The molecule has 1 aromatic carbocycles. The van der Waals surface area contributed by atoms with Crippen LogP contribution in [0.15, 0.2) is 23.1 Å². The van der Waals surface area contributed by atoms with Gasteiger partial charge in [-0.1, -0.05) is 11.6 Å². The number of nitrogens with one attached hydrogen (secondary N) is 1. The van der Waals surface area contributed by atoms with Crippen LogP contribution in [-0.4, -0.2) is 38.7 Å². The number of hydrogen-bond acceptors (Lipinski definition) is 4. The Bertz CT molecular complexity index is 612. The normalized spacial score (nSPS) is 12.4. The van der Waals surface area contributed by atoms with Gasteiger partial charge in [-0.3, -0.25) is 0 Å². The van der Waals surface area contributed by atoms with E-state index in [0.717, 1.165) is 6.07 Å². The first-order chi connectivity index (χ1) is 9.09. The van der Waals surface area contributed by atoms with Crippen molar-refractivity contribution in [2.45, 2.75) is 24.3 Å². The van der Waals surface area contributed by atoms with Crippen LogP contribution in [0.5, 0.6) is 0 Å². The van der Waals surface area contributed by atoms with Crippen LogP contribution in [0.2, 0.25) is 5.02 Å². The number of carboxylic acids is 1. The summed E-state index contributed by atoms with van der Waals surface area (Å²) in [7, 11) is -2.45. The molecule has 1 aromatic rings. The molecule has 0 fully saturated rings. The molecule has 20 heavy (non-hydrogen) atoms. The van der Waals surface area contributed by atoms with Gasteiger partial charge in [0.2, 0.25) is 10.0 Å². The van der Waals surface area contributed by atoms with Gasteiger partial charge in [-0.2, -0.15) is 0 Å². The zero-order valence-electron chi connectivity index (χ0n) is 11.3. The molecule has 0 spiro atoms. The van der Waals surface area contributed by atoms with E-state index in [1.165, 1.54) is 19.2 Å². The molecule has 0 aliphatic rings. The molecule has 0 radical (unpaired) electrons. The van der Waals surface area contributed by atoms with Crippen LogP contribution in [0.3, 0.4) is 0 Å². The maximum atomic E-state index is 12.1. The number of halogens is 1. The highest BCUT2D eigenvalue weighted by Crippen LogP contribution is 2.23. The molecular formula is C12H16ClNO5S.